The molecule has 2 aromatic rings. The van der Waals surface area contributed by atoms with Gasteiger partial charge in [-0.1, -0.05) is 19.9 Å². The van der Waals surface area contributed by atoms with E-state index in [2.05, 4.69) is 18.8 Å². The van der Waals surface area contributed by atoms with Gasteiger partial charge < -0.3 is 10.6 Å². The summed E-state index contributed by atoms with van der Waals surface area (Å²) in [7, 11) is 0. The minimum Gasteiger partial charge on any atom is -0.366 e. The van der Waals surface area contributed by atoms with Crippen LogP contribution in [-0.2, 0) is 6.42 Å². The maximum atomic E-state index is 12.8. The fourth-order valence-corrected chi connectivity index (χ4v) is 3.66. The van der Waals surface area contributed by atoms with Crippen molar-refractivity contribution in [1.82, 2.24) is 4.98 Å². The average Bonchev–Trinajstić information content (AvgIpc) is 3.03. The van der Waals surface area contributed by atoms with Crippen molar-refractivity contribution in [3.05, 3.63) is 45.4 Å². The van der Waals surface area contributed by atoms with Gasteiger partial charge in [0.2, 0.25) is 5.91 Å². The lowest BCUT2D eigenvalue weighted by molar-refractivity contribution is 0.0974. The van der Waals surface area contributed by atoms with Crippen LogP contribution >= 0.6 is 11.3 Å². The van der Waals surface area contributed by atoms with Gasteiger partial charge in [-0.2, -0.15) is 0 Å². The summed E-state index contributed by atoms with van der Waals surface area (Å²) in [5, 5.41) is 2.76. The van der Waals surface area contributed by atoms with Crippen molar-refractivity contribution in [2.45, 2.75) is 32.6 Å². The Bertz CT molecular complexity index is 767. The van der Waals surface area contributed by atoms with Gasteiger partial charge in [0, 0.05) is 29.1 Å². The molecule has 5 nitrogen and oxygen atoms in total. The summed E-state index contributed by atoms with van der Waals surface area (Å²) in [5.74, 6) is -0.265. The van der Waals surface area contributed by atoms with E-state index < -0.39 is 5.91 Å². The normalized spacial score (nSPS) is 14.0. The van der Waals surface area contributed by atoms with E-state index in [1.807, 2.05) is 11.4 Å². The molecule has 0 atom stereocenters. The predicted octanol–water partition coefficient (Wildman–Crippen LogP) is 2.96. The van der Waals surface area contributed by atoms with Gasteiger partial charge in [0.05, 0.1) is 5.01 Å². The van der Waals surface area contributed by atoms with E-state index >= 15 is 0 Å². The number of anilines is 1. The molecule has 6 heteroatoms. The van der Waals surface area contributed by atoms with Crippen molar-refractivity contribution in [2.24, 2.45) is 5.73 Å². The van der Waals surface area contributed by atoms with Crippen LogP contribution in [0.2, 0.25) is 0 Å². The molecule has 3 rings (SSSR count). The fourth-order valence-electron chi connectivity index (χ4n) is 2.86. The molecule has 0 fully saturated rings. The zero-order chi connectivity index (χ0) is 16.6. The number of nitrogens with zero attached hydrogens (tertiary/aromatic N) is 2. The Balaban J connectivity index is 1.98. The number of nitrogens with two attached hydrogens (primary N) is 1. The van der Waals surface area contributed by atoms with Crippen LogP contribution in [0.4, 0.5) is 5.69 Å². The Labute approximate surface area is 139 Å². The maximum absolute atomic E-state index is 12.8. The molecule has 1 aliphatic rings. The molecule has 0 spiro atoms. The standard InChI is InChI=1S/C17H19N3O2S/c1-10(2)16-19-13(9-23-16)17(22)20-8-4-6-11-12(15(18)21)5-3-7-14(11)20/h3,5,7,9-10H,4,6,8H2,1-2H3,(H2,18,21). The Hall–Kier alpha value is -2.21. The molecule has 1 aromatic carbocycles. The van der Waals surface area contributed by atoms with Gasteiger partial charge in [0.25, 0.3) is 5.91 Å². The molecule has 120 valence electrons. The highest BCUT2D eigenvalue weighted by atomic mass is 32.1. The third-order valence-electron chi connectivity index (χ3n) is 4.00. The third-order valence-corrected chi connectivity index (χ3v) is 5.14. The number of fused-ring (bicyclic) bond motifs is 1. The largest absolute Gasteiger partial charge is 0.366 e. The number of amides is 2. The molecule has 0 saturated heterocycles. The summed E-state index contributed by atoms with van der Waals surface area (Å²) in [5.41, 5.74) is 8.06. The van der Waals surface area contributed by atoms with E-state index in [0.29, 0.717) is 23.7 Å². The monoisotopic (exact) mass is 329 g/mol. The molecule has 23 heavy (non-hydrogen) atoms. The first-order valence-corrected chi connectivity index (χ1v) is 8.56. The summed E-state index contributed by atoms with van der Waals surface area (Å²) < 4.78 is 0. The first kappa shape index (κ1) is 15.7. The van der Waals surface area contributed by atoms with Crippen molar-refractivity contribution in [1.29, 1.82) is 0 Å². The van der Waals surface area contributed by atoms with Gasteiger partial charge in [-0.05, 0) is 30.5 Å². The second kappa shape index (κ2) is 6.12. The van der Waals surface area contributed by atoms with Crippen LogP contribution in [0.1, 0.15) is 57.6 Å². The van der Waals surface area contributed by atoms with Crippen molar-refractivity contribution in [3.63, 3.8) is 0 Å². The van der Waals surface area contributed by atoms with E-state index in [9.17, 15) is 9.59 Å². The highest BCUT2D eigenvalue weighted by Gasteiger charge is 2.27. The molecule has 0 aliphatic carbocycles. The number of benzene rings is 1. The molecule has 2 heterocycles. The van der Waals surface area contributed by atoms with Crippen LogP contribution in [-0.4, -0.2) is 23.3 Å². The zero-order valence-corrected chi connectivity index (χ0v) is 14.0. The number of carbonyl (C=O) groups excluding carboxylic acids is 2. The van der Waals surface area contributed by atoms with Crippen molar-refractivity contribution in [2.75, 3.05) is 11.4 Å². The molecule has 1 aliphatic heterocycles. The van der Waals surface area contributed by atoms with E-state index in [0.717, 1.165) is 29.1 Å². The minimum atomic E-state index is -0.452. The fraction of sp³-hybridized carbons (Fsp3) is 0.353. The van der Waals surface area contributed by atoms with Gasteiger partial charge in [-0.15, -0.1) is 11.3 Å². The molecule has 0 bridgehead atoms. The Morgan fingerprint density at radius 2 is 2.13 bits per heavy atom. The van der Waals surface area contributed by atoms with E-state index in [4.69, 9.17) is 5.73 Å². The van der Waals surface area contributed by atoms with E-state index in [-0.39, 0.29) is 5.91 Å². The third kappa shape index (κ3) is 2.86. The van der Waals surface area contributed by atoms with E-state index in [1.54, 1.807) is 17.0 Å². The quantitative estimate of drug-likeness (QED) is 0.940. The highest BCUT2D eigenvalue weighted by Crippen LogP contribution is 2.31. The lowest BCUT2D eigenvalue weighted by Crippen LogP contribution is -2.36. The van der Waals surface area contributed by atoms with Crippen molar-refractivity contribution in [3.8, 4) is 0 Å². The summed E-state index contributed by atoms with van der Waals surface area (Å²) >= 11 is 1.51. The first-order valence-electron chi connectivity index (χ1n) is 7.68. The number of hydrogen-bond acceptors (Lipinski definition) is 4. The second-order valence-electron chi connectivity index (χ2n) is 5.95. The molecular weight excluding hydrogens is 310 g/mol. The van der Waals surface area contributed by atoms with E-state index in [1.165, 1.54) is 11.3 Å². The summed E-state index contributed by atoms with van der Waals surface area (Å²) in [4.78, 5) is 30.6. The number of carbonyl (C=O) groups is 2. The predicted molar refractivity (Wildman–Crippen MR) is 91.2 cm³/mol. The summed E-state index contributed by atoms with van der Waals surface area (Å²) in [6.45, 7) is 4.74. The number of thiazole rings is 1. The van der Waals surface area contributed by atoms with Gasteiger partial charge in [-0.25, -0.2) is 4.98 Å². The number of aromatic nitrogens is 1. The maximum Gasteiger partial charge on any atom is 0.277 e. The lowest BCUT2D eigenvalue weighted by atomic mass is 9.95. The van der Waals surface area contributed by atoms with Gasteiger partial charge in [0.15, 0.2) is 0 Å². The topological polar surface area (TPSA) is 76.3 Å². The highest BCUT2D eigenvalue weighted by molar-refractivity contribution is 7.09. The van der Waals surface area contributed by atoms with Crippen LogP contribution in [0.5, 0.6) is 0 Å². The average molecular weight is 329 g/mol. The van der Waals surface area contributed by atoms with Gasteiger partial charge in [-0.3, -0.25) is 9.59 Å². The molecule has 2 amide bonds. The number of primary amides is 1. The number of hydrogen-bond donors (Lipinski definition) is 1. The Morgan fingerprint density at radius 3 is 2.78 bits per heavy atom. The van der Waals surface area contributed by atoms with Gasteiger partial charge >= 0.3 is 0 Å². The minimum absolute atomic E-state index is 0.115. The van der Waals surface area contributed by atoms with Gasteiger partial charge in [0.1, 0.15) is 5.69 Å². The van der Waals surface area contributed by atoms with Crippen LogP contribution < -0.4 is 10.6 Å². The van der Waals surface area contributed by atoms with Crippen molar-refractivity contribution < 1.29 is 9.59 Å². The zero-order valence-electron chi connectivity index (χ0n) is 13.2. The molecule has 0 saturated carbocycles. The van der Waals surface area contributed by atoms with Crippen LogP contribution in [0, 0.1) is 0 Å². The number of rotatable bonds is 3. The van der Waals surface area contributed by atoms with Crippen molar-refractivity contribution >= 4 is 28.8 Å². The Morgan fingerprint density at radius 1 is 1.35 bits per heavy atom. The second-order valence-corrected chi connectivity index (χ2v) is 6.84. The molecule has 1 aromatic heterocycles. The summed E-state index contributed by atoms with van der Waals surface area (Å²) in [6, 6.07) is 5.36. The molecule has 0 unspecified atom stereocenters. The Kier molecular flexibility index (Phi) is 4.17. The smallest absolute Gasteiger partial charge is 0.277 e. The first-order chi connectivity index (χ1) is 11.0. The summed E-state index contributed by atoms with van der Waals surface area (Å²) in [6.07, 6.45) is 1.57. The van der Waals surface area contributed by atoms with Crippen LogP contribution in [0.15, 0.2) is 23.6 Å². The van der Waals surface area contributed by atoms with Crippen LogP contribution in [0.25, 0.3) is 0 Å². The molecule has 2 N–H and O–H groups in total. The molecule has 0 radical (unpaired) electrons. The molecular formula is C17H19N3O2S. The lowest BCUT2D eigenvalue weighted by Gasteiger charge is -2.30. The SMILES string of the molecule is CC(C)c1nc(C(=O)N2CCCc3c(C(N)=O)cccc32)cs1. The van der Waals surface area contributed by atoms with Crippen LogP contribution in [0.3, 0.4) is 0 Å².